The summed E-state index contributed by atoms with van der Waals surface area (Å²) in [4.78, 5) is 44.0. The average molecular weight is 638 g/mol. The molecule has 0 spiro atoms. The van der Waals surface area contributed by atoms with E-state index in [1.165, 1.54) is 23.3 Å². The van der Waals surface area contributed by atoms with Gasteiger partial charge in [0.25, 0.3) is 0 Å². The van der Waals surface area contributed by atoms with Crippen molar-refractivity contribution in [2.45, 2.75) is 37.5 Å². The van der Waals surface area contributed by atoms with Crippen LogP contribution in [0.4, 0.5) is 30.9 Å². The van der Waals surface area contributed by atoms with Crippen molar-refractivity contribution in [2.75, 3.05) is 35.7 Å². The predicted octanol–water partition coefficient (Wildman–Crippen LogP) is 5.07. The van der Waals surface area contributed by atoms with E-state index in [1.807, 2.05) is 41.3 Å². The van der Waals surface area contributed by atoms with Crippen LogP contribution >= 0.6 is 0 Å². The fraction of sp³-hybridized carbons (Fsp3) is 0.273. The lowest BCUT2D eigenvalue weighted by Gasteiger charge is -2.30. The second-order valence-electron chi connectivity index (χ2n) is 11.9. The van der Waals surface area contributed by atoms with Gasteiger partial charge in [0.2, 0.25) is 5.91 Å². The smallest absolute Gasteiger partial charge is 0.412 e. The van der Waals surface area contributed by atoms with Crippen molar-refractivity contribution < 1.29 is 23.1 Å². The van der Waals surface area contributed by atoms with E-state index in [2.05, 4.69) is 25.7 Å². The maximum absolute atomic E-state index is 14.7. The molecule has 3 aliphatic rings. The minimum Gasteiger partial charge on any atom is -0.441 e. The number of hydrogen-bond acceptors (Lipinski definition) is 9. The second kappa shape index (κ2) is 11.3. The zero-order valence-electron chi connectivity index (χ0n) is 25.2. The first kappa shape index (κ1) is 28.8. The van der Waals surface area contributed by atoms with Gasteiger partial charge < -0.3 is 19.9 Å². The number of nitrogens with zero attached hydrogens (tertiary/aromatic N) is 7. The first-order valence-corrected chi connectivity index (χ1v) is 15.3. The average Bonchev–Trinajstić information content (AvgIpc) is 3.68. The number of pyridine rings is 1. The monoisotopic (exact) mass is 637 g/mol. The Morgan fingerprint density at radius 3 is 2.79 bits per heavy atom. The number of rotatable bonds is 2. The summed E-state index contributed by atoms with van der Waals surface area (Å²) in [6, 6.07) is 13.9. The molecule has 238 valence electrons. The highest BCUT2D eigenvalue weighted by molar-refractivity contribution is 5.93. The number of carbonyl (C=O) groups excluding carboxylic acids is 2. The zero-order chi connectivity index (χ0) is 32.2. The van der Waals surface area contributed by atoms with Gasteiger partial charge in [-0.05, 0) is 49.6 Å². The number of aromatic nitrogens is 5. The van der Waals surface area contributed by atoms with Crippen molar-refractivity contribution in [3.8, 4) is 16.9 Å². The van der Waals surface area contributed by atoms with Gasteiger partial charge in [0.1, 0.15) is 41.6 Å². The van der Waals surface area contributed by atoms with E-state index in [-0.39, 0.29) is 17.6 Å². The molecule has 2 amide bonds. The summed E-state index contributed by atoms with van der Waals surface area (Å²) < 4.78 is 35.4. The van der Waals surface area contributed by atoms with E-state index in [0.29, 0.717) is 60.7 Å². The van der Waals surface area contributed by atoms with Gasteiger partial charge in [0.05, 0.1) is 23.0 Å². The number of nitrogens with one attached hydrogen (secondary N) is 2. The third kappa shape index (κ3) is 5.05. The topological polar surface area (TPSA) is 130 Å². The summed E-state index contributed by atoms with van der Waals surface area (Å²) in [6.45, 7) is 0.855. The molecule has 0 saturated carbocycles. The standard InChI is InChI=1S/C33H29F2N9O3/c1-42-12-4-8-27-29-20(5-2-7-24(29)41-33(46)47-27)23-6-3-9-28(40-23)39-19-14-26(32(42)45)43(16-19)30-21-15-38-44(31(21)37-17-36-30)25-11-10-18(34)13-22(25)35/h2-3,5-7,9-11,13,15,17,19,26-27H,4,8,12,14,16H2,1H3,(H,39,40)(H,41,46)/t19-,26-,27-/m0/s1. The normalized spacial score (nSPS) is 21.0. The van der Waals surface area contributed by atoms with Crippen LogP contribution in [0.25, 0.3) is 28.0 Å². The lowest BCUT2D eigenvalue weighted by atomic mass is 9.93. The van der Waals surface area contributed by atoms with Gasteiger partial charge in [-0.15, -0.1) is 0 Å². The molecule has 8 rings (SSSR count). The molecular weight excluding hydrogens is 608 g/mol. The van der Waals surface area contributed by atoms with E-state index < -0.39 is 29.9 Å². The van der Waals surface area contributed by atoms with Crippen LogP contribution in [0, 0.1) is 11.6 Å². The number of likely N-dealkylation sites (N-methyl/N-ethyl adjacent to an activating group) is 1. The van der Waals surface area contributed by atoms with Gasteiger partial charge in [-0.25, -0.2) is 33.2 Å². The first-order chi connectivity index (χ1) is 22.8. The Labute approximate surface area is 267 Å². The summed E-state index contributed by atoms with van der Waals surface area (Å²) in [6.07, 6.45) is 3.42. The molecule has 3 aromatic heterocycles. The Hall–Kier alpha value is -5.66. The van der Waals surface area contributed by atoms with Crippen molar-refractivity contribution in [1.82, 2.24) is 29.6 Å². The molecule has 6 heterocycles. The largest absolute Gasteiger partial charge is 0.441 e. The van der Waals surface area contributed by atoms with Crippen LogP contribution in [0.1, 0.15) is 30.9 Å². The number of halogens is 2. The molecule has 0 aliphatic carbocycles. The molecule has 1 fully saturated rings. The number of hydrogen-bond donors (Lipinski definition) is 2. The molecule has 3 atom stereocenters. The maximum atomic E-state index is 14.7. The summed E-state index contributed by atoms with van der Waals surface area (Å²) in [5.41, 5.74) is 3.50. The van der Waals surface area contributed by atoms with Crippen LogP contribution < -0.4 is 15.5 Å². The lowest BCUT2D eigenvalue weighted by molar-refractivity contribution is -0.131. The number of fused-ring (bicyclic) bond motifs is 6. The van der Waals surface area contributed by atoms with Gasteiger partial charge in [0, 0.05) is 43.4 Å². The van der Waals surface area contributed by atoms with Gasteiger partial charge in [-0.3, -0.25) is 10.1 Å². The van der Waals surface area contributed by atoms with Crippen LogP contribution in [0.2, 0.25) is 0 Å². The van der Waals surface area contributed by atoms with E-state index in [1.54, 1.807) is 11.9 Å². The van der Waals surface area contributed by atoms with Crippen molar-refractivity contribution >= 4 is 40.4 Å². The molecular formula is C33H29F2N9O3. The highest BCUT2D eigenvalue weighted by Crippen LogP contribution is 2.41. The van der Waals surface area contributed by atoms with Gasteiger partial charge in [0.15, 0.2) is 11.5 Å². The molecule has 1 saturated heterocycles. The molecule has 0 unspecified atom stereocenters. The Bertz CT molecular complexity index is 2050. The number of ether oxygens (including phenoxy) is 1. The predicted molar refractivity (Wildman–Crippen MR) is 169 cm³/mol. The van der Waals surface area contributed by atoms with Crippen LogP contribution in [-0.4, -0.2) is 73.9 Å². The number of amides is 2. The lowest BCUT2D eigenvalue weighted by Crippen LogP contribution is -2.45. The van der Waals surface area contributed by atoms with Gasteiger partial charge in [-0.1, -0.05) is 18.2 Å². The molecule has 4 bridgehead atoms. The van der Waals surface area contributed by atoms with Gasteiger partial charge >= 0.3 is 6.09 Å². The van der Waals surface area contributed by atoms with Crippen molar-refractivity contribution in [2.24, 2.45) is 0 Å². The van der Waals surface area contributed by atoms with E-state index >= 15 is 0 Å². The van der Waals surface area contributed by atoms with E-state index in [4.69, 9.17) is 9.72 Å². The molecule has 5 aromatic rings. The molecule has 12 nitrogen and oxygen atoms in total. The minimum atomic E-state index is -0.781. The molecule has 14 heteroatoms. The molecule has 2 aromatic carbocycles. The van der Waals surface area contributed by atoms with Crippen LogP contribution in [-0.2, 0) is 9.53 Å². The number of anilines is 3. The van der Waals surface area contributed by atoms with Gasteiger partial charge in [-0.2, -0.15) is 5.10 Å². The zero-order valence-corrected chi connectivity index (χ0v) is 25.2. The third-order valence-corrected chi connectivity index (χ3v) is 8.97. The molecule has 3 aliphatic heterocycles. The summed E-state index contributed by atoms with van der Waals surface area (Å²) >= 11 is 0. The fourth-order valence-electron chi connectivity index (χ4n) is 6.83. The van der Waals surface area contributed by atoms with Crippen LogP contribution in [0.15, 0.2) is 67.1 Å². The maximum Gasteiger partial charge on any atom is 0.412 e. The first-order valence-electron chi connectivity index (χ1n) is 15.3. The molecule has 47 heavy (non-hydrogen) atoms. The molecule has 2 N–H and O–H groups in total. The minimum absolute atomic E-state index is 0.0416. The van der Waals surface area contributed by atoms with E-state index in [9.17, 15) is 18.4 Å². The Morgan fingerprint density at radius 2 is 1.91 bits per heavy atom. The highest BCUT2D eigenvalue weighted by atomic mass is 19.1. The SMILES string of the molecule is CN1CCC[C@@H]2OC(=O)Nc3cccc(c32)-c2cccc(n2)N[C@H]2C[C@@H](C1=O)N(c1ncnc3c1cnn3-c1ccc(F)cc1F)C2. The summed E-state index contributed by atoms with van der Waals surface area (Å²) in [5, 5.41) is 11.2. The highest BCUT2D eigenvalue weighted by Gasteiger charge is 2.40. The second-order valence-corrected chi connectivity index (χ2v) is 11.9. The fourth-order valence-corrected chi connectivity index (χ4v) is 6.83. The number of benzene rings is 2. The van der Waals surface area contributed by atoms with Crippen LogP contribution in [0.3, 0.4) is 0 Å². The summed E-state index contributed by atoms with van der Waals surface area (Å²) in [5.74, 6) is -0.470. The van der Waals surface area contributed by atoms with Crippen molar-refractivity contribution in [3.05, 3.63) is 84.3 Å². The Kier molecular flexibility index (Phi) is 6.92. The third-order valence-electron chi connectivity index (χ3n) is 8.97. The van der Waals surface area contributed by atoms with Crippen LogP contribution in [0.5, 0.6) is 0 Å². The summed E-state index contributed by atoms with van der Waals surface area (Å²) in [7, 11) is 1.77. The van der Waals surface area contributed by atoms with E-state index in [0.717, 1.165) is 29.0 Å². The quantitative estimate of drug-likeness (QED) is 0.273. The van der Waals surface area contributed by atoms with Crippen molar-refractivity contribution in [3.63, 3.8) is 0 Å². The Morgan fingerprint density at radius 1 is 1.04 bits per heavy atom. The number of carbonyl (C=O) groups is 2. The Balaban J connectivity index is 1.18. The molecule has 0 radical (unpaired) electrons. The van der Waals surface area contributed by atoms with Crippen molar-refractivity contribution in [1.29, 1.82) is 0 Å².